The highest BCUT2D eigenvalue weighted by molar-refractivity contribution is 9.10. The minimum absolute atomic E-state index is 0.143. The van der Waals surface area contributed by atoms with Crippen LogP contribution in [0.4, 0.5) is 0 Å². The number of hydrogen-bond acceptors (Lipinski definition) is 8. The number of carbonyl (C=O) groups excluding carboxylic acids is 1. The fourth-order valence-corrected chi connectivity index (χ4v) is 2.68. The summed E-state index contributed by atoms with van der Waals surface area (Å²) in [5.41, 5.74) is 0.961. The number of fused-ring (bicyclic) bond motifs is 1. The SMILES string of the molecule is CC(=O)OC[C@H]1O[C@@H](n2cnc3c(Br)ncnc32)[C@H](O)[C@H]1O. The van der Waals surface area contributed by atoms with E-state index in [-0.39, 0.29) is 6.61 Å². The molecule has 2 aromatic heterocycles. The Bertz CT molecular complexity index is 708. The molecule has 3 rings (SSSR count). The maximum atomic E-state index is 10.9. The van der Waals surface area contributed by atoms with Crippen molar-refractivity contribution in [2.75, 3.05) is 6.61 Å². The first-order valence-electron chi connectivity index (χ1n) is 6.47. The minimum Gasteiger partial charge on any atom is -0.463 e. The first kappa shape index (κ1) is 15.3. The third kappa shape index (κ3) is 2.58. The summed E-state index contributed by atoms with van der Waals surface area (Å²) in [5.74, 6) is -0.488. The summed E-state index contributed by atoms with van der Waals surface area (Å²) in [4.78, 5) is 23.1. The van der Waals surface area contributed by atoms with Gasteiger partial charge < -0.3 is 19.7 Å². The van der Waals surface area contributed by atoms with Crippen LogP contribution >= 0.6 is 15.9 Å². The lowest BCUT2D eigenvalue weighted by atomic mass is 10.1. The molecule has 2 N–H and O–H groups in total. The van der Waals surface area contributed by atoms with Gasteiger partial charge in [-0.1, -0.05) is 0 Å². The molecule has 2 aromatic rings. The Morgan fingerprint density at radius 2 is 2.18 bits per heavy atom. The van der Waals surface area contributed by atoms with Crippen LogP contribution in [-0.2, 0) is 14.3 Å². The number of nitrogens with zero attached hydrogens (tertiary/aromatic N) is 4. The lowest BCUT2D eigenvalue weighted by molar-refractivity contribution is -0.147. The summed E-state index contributed by atoms with van der Waals surface area (Å²) < 4.78 is 12.4. The molecule has 4 atom stereocenters. The molecule has 1 saturated heterocycles. The van der Waals surface area contributed by atoms with Gasteiger partial charge in [0.05, 0.1) is 6.33 Å². The van der Waals surface area contributed by atoms with Gasteiger partial charge in [0.25, 0.3) is 0 Å². The number of imidazole rings is 1. The molecular formula is C12H13BrN4O5. The molecule has 1 aliphatic rings. The quantitative estimate of drug-likeness (QED) is 0.560. The van der Waals surface area contributed by atoms with Crippen molar-refractivity contribution in [2.45, 2.75) is 31.5 Å². The molecule has 22 heavy (non-hydrogen) atoms. The Morgan fingerprint density at radius 1 is 1.41 bits per heavy atom. The highest BCUT2D eigenvalue weighted by Gasteiger charge is 2.44. The summed E-state index contributed by atoms with van der Waals surface area (Å²) in [6.45, 7) is 1.11. The molecule has 10 heteroatoms. The molecule has 118 valence electrons. The van der Waals surface area contributed by atoms with Gasteiger partial charge in [-0.25, -0.2) is 15.0 Å². The fourth-order valence-electron chi connectivity index (χ4n) is 2.31. The lowest BCUT2D eigenvalue weighted by Crippen LogP contribution is -2.34. The molecule has 9 nitrogen and oxygen atoms in total. The zero-order chi connectivity index (χ0) is 15.9. The summed E-state index contributed by atoms with van der Waals surface area (Å²) in [7, 11) is 0. The summed E-state index contributed by atoms with van der Waals surface area (Å²) >= 11 is 3.26. The largest absolute Gasteiger partial charge is 0.463 e. The van der Waals surface area contributed by atoms with Gasteiger partial charge >= 0.3 is 5.97 Å². The average Bonchev–Trinajstić information content (AvgIpc) is 3.01. The van der Waals surface area contributed by atoms with E-state index in [1.54, 1.807) is 0 Å². The van der Waals surface area contributed by atoms with E-state index in [1.807, 2.05) is 0 Å². The maximum absolute atomic E-state index is 10.9. The monoisotopic (exact) mass is 372 g/mol. The predicted molar refractivity (Wildman–Crippen MR) is 75.6 cm³/mol. The summed E-state index contributed by atoms with van der Waals surface area (Å²) in [5, 5.41) is 20.2. The molecule has 1 aliphatic heterocycles. The first-order chi connectivity index (χ1) is 10.5. The van der Waals surface area contributed by atoms with Crippen LogP contribution < -0.4 is 0 Å². The van der Waals surface area contributed by atoms with Crippen LogP contribution in [0.15, 0.2) is 17.3 Å². The molecule has 0 radical (unpaired) electrons. The Kier molecular flexibility index (Phi) is 4.08. The molecule has 0 spiro atoms. The van der Waals surface area contributed by atoms with Gasteiger partial charge in [-0.15, -0.1) is 0 Å². The molecule has 0 aromatic carbocycles. The van der Waals surface area contributed by atoms with Gasteiger partial charge in [0, 0.05) is 6.92 Å². The van der Waals surface area contributed by atoms with Gasteiger partial charge in [0.1, 0.15) is 41.4 Å². The highest BCUT2D eigenvalue weighted by Crippen LogP contribution is 2.32. The van der Waals surface area contributed by atoms with E-state index < -0.39 is 30.5 Å². The number of aliphatic hydroxyl groups is 2. The Balaban J connectivity index is 1.87. The smallest absolute Gasteiger partial charge is 0.302 e. The van der Waals surface area contributed by atoms with E-state index in [4.69, 9.17) is 9.47 Å². The minimum atomic E-state index is -1.20. The van der Waals surface area contributed by atoms with Crippen LogP contribution in [0, 0.1) is 0 Å². The van der Waals surface area contributed by atoms with Gasteiger partial charge in [-0.05, 0) is 15.9 Å². The van der Waals surface area contributed by atoms with Crippen LogP contribution in [0.25, 0.3) is 11.2 Å². The van der Waals surface area contributed by atoms with Crippen LogP contribution in [0.2, 0.25) is 0 Å². The van der Waals surface area contributed by atoms with Crippen molar-refractivity contribution in [3.63, 3.8) is 0 Å². The van der Waals surface area contributed by atoms with Crippen molar-refractivity contribution in [3.8, 4) is 0 Å². The van der Waals surface area contributed by atoms with Gasteiger partial charge in [-0.2, -0.15) is 0 Å². The van der Waals surface area contributed by atoms with Crippen molar-refractivity contribution in [1.82, 2.24) is 19.5 Å². The van der Waals surface area contributed by atoms with Crippen LogP contribution in [0.5, 0.6) is 0 Å². The van der Waals surface area contributed by atoms with Gasteiger partial charge in [0.15, 0.2) is 11.9 Å². The van der Waals surface area contributed by atoms with E-state index in [1.165, 1.54) is 24.1 Å². The van der Waals surface area contributed by atoms with E-state index in [2.05, 4.69) is 30.9 Å². The number of ether oxygens (including phenoxy) is 2. The number of halogens is 1. The molecule has 0 aliphatic carbocycles. The van der Waals surface area contributed by atoms with Crippen molar-refractivity contribution in [3.05, 3.63) is 17.3 Å². The van der Waals surface area contributed by atoms with E-state index >= 15 is 0 Å². The van der Waals surface area contributed by atoms with Crippen LogP contribution in [0.3, 0.4) is 0 Å². The number of carbonyl (C=O) groups is 1. The second kappa shape index (κ2) is 5.88. The van der Waals surface area contributed by atoms with Gasteiger partial charge in [-0.3, -0.25) is 9.36 Å². The number of aliphatic hydroxyl groups excluding tert-OH is 2. The maximum Gasteiger partial charge on any atom is 0.302 e. The third-order valence-electron chi connectivity index (χ3n) is 3.38. The second-order valence-electron chi connectivity index (χ2n) is 4.84. The molecule has 0 unspecified atom stereocenters. The number of esters is 1. The highest BCUT2D eigenvalue weighted by atomic mass is 79.9. The standard InChI is InChI=1S/C12H13BrN4O5/c1-5(18)21-2-6-8(19)9(20)12(22-6)17-4-16-7-10(13)14-3-15-11(7)17/h3-4,6,8-9,12,19-20H,2H2,1H3/t6-,8+,9-,12-/m1/s1. The predicted octanol–water partition coefficient (Wildman–Crippen LogP) is -0.229. The first-order valence-corrected chi connectivity index (χ1v) is 7.26. The fraction of sp³-hybridized carbons (Fsp3) is 0.500. The van der Waals surface area contributed by atoms with Crippen molar-refractivity contribution in [1.29, 1.82) is 0 Å². The zero-order valence-electron chi connectivity index (χ0n) is 11.5. The Hall–Kier alpha value is -1.62. The van der Waals surface area contributed by atoms with Gasteiger partial charge in [0.2, 0.25) is 0 Å². The van der Waals surface area contributed by atoms with E-state index in [9.17, 15) is 15.0 Å². The van der Waals surface area contributed by atoms with E-state index in [0.717, 1.165) is 0 Å². The second-order valence-corrected chi connectivity index (χ2v) is 5.59. The lowest BCUT2D eigenvalue weighted by Gasteiger charge is -2.16. The average molecular weight is 373 g/mol. The molecule has 3 heterocycles. The number of rotatable bonds is 3. The summed E-state index contributed by atoms with van der Waals surface area (Å²) in [6.07, 6.45) is -1.31. The Labute approximate surface area is 133 Å². The Morgan fingerprint density at radius 3 is 2.91 bits per heavy atom. The normalized spacial score (nSPS) is 28.2. The van der Waals surface area contributed by atoms with Crippen LogP contribution in [0.1, 0.15) is 13.2 Å². The molecule has 0 bridgehead atoms. The van der Waals surface area contributed by atoms with Crippen LogP contribution in [-0.4, -0.2) is 60.6 Å². The van der Waals surface area contributed by atoms with E-state index in [0.29, 0.717) is 15.8 Å². The number of aromatic nitrogens is 4. The zero-order valence-corrected chi connectivity index (χ0v) is 13.0. The third-order valence-corrected chi connectivity index (χ3v) is 3.96. The van der Waals surface area contributed by atoms with Crippen molar-refractivity contribution >= 4 is 33.1 Å². The van der Waals surface area contributed by atoms with Crippen molar-refractivity contribution < 1.29 is 24.5 Å². The molecule has 0 saturated carbocycles. The topological polar surface area (TPSA) is 120 Å². The molecular weight excluding hydrogens is 360 g/mol. The molecule has 0 amide bonds. The number of hydrogen-bond donors (Lipinski definition) is 2. The molecule has 1 fully saturated rings. The summed E-state index contributed by atoms with van der Waals surface area (Å²) in [6, 6.07) is 0. The van der Waals surface area contributed by atoms with Crippen molar-refractivity contribution in [2.24, 2.45) is 0 Å².